The lowest BCUT2D eigenvalue weighted by Crippen LogP contribution is -2.18. The highest BCUT2D eigenvalue weighted by Gasteiger charge is 2.32. The highest BCUT2D eigenvalue weighted by molar-refractivity contribution is 6.46. The van der Waals surface area contributed by atoms with E-state index >= 15 is 0 Å². The Balaban J connectivity index is 1.88. The number of hydrogen-bond donors (Lipinski definition) is 3. The van der Waals surface area contributed by atoms with E-state index in [1.165, 1.54) is 18.2 Å². The van der Waals surface area contributed by atoms with Gasteiger partial charge in [-0.3, -0.25) is 9.59 Å². The van der Waals surface area contributed by atoms with Crippen molar-refractivity contribution in [2.75, 3.05) is 10.6 Å². The zero-order chi connectivity index (χ0) is 20.7. The number of nitrogens with one attached hydrogen (secondary N) is 3. The van der Waals surface area contributed by atoms with Crippen molar-refractivity contribution in [3.63, 3.8) is 0 Å². The van der Waals surface area contributed by atoms with E-state index in [1.807, 2.05) is 26.0 Å². The van der Waals surface area contributed by atoms with Crippen LogP contribution < -0.4 is 10.6 Å². The van der Waals surface area contributed by atoms with Crippen molar-refractivity contribution in [1.29, 1.82) is 0 Å². The van der Waals surface area contributed by atoms with Crippen LogP contribution in [0.25, 0.3) is 11.1 Å². The number of aromatic nitrogens is 1. The van der Waals surface area contributed by atoms with Gasteiger partial charge in [0.25, 0.3) is 11.8 Å². The Morgan fingerprint density at radius 3 is 2.55 bits per heavy atom. The van der Waals surface area contributed by atoms with Crippen LogP contribution in [0.2, 0.25) is 5.02 Å². The van der Waals surface area contributed by atoms with Gasteiger partial charge in [-0.15, -0.1) is 0 Å². The molecule has 0 radical (unpaired) electrons. The number of H-pyrrole nitrogens is 1. The van der Waals surface area contributed by atoms with Crippen molar-refractivity contribution < 1.29 is 14.0 Å². The van der Waals surface area contributed by atoms with Crippen LogP contribution in [0.4, 0.5) is 15.8 Å². The lowest BCUT2D eigenvalue weighted by Gasteiger charge is -2.12. The van der Waals surface area contributed by atoms with Gasteiger partial charge in [-0.2, -0.15) is 0 Å². The van der Waals surface area contributed by atoms with Gasteiger partial charge in [0.15, 0.2) is 0 Å². The summed E-state index contributed by atoms with van der Waals surface area (Å²) in [5.74, 6) is -1.44. The molecule has 2 amide bonds. The second-order valence-electron chi connectivity index (χ2n) is 6.84. The average molecular weight is 410 g/mol. The number of aromatic amines is 1. The van der Waals surface area contributed by atoms with Crippen LogP contribution in [0.15, 0.2) is 48.5 Å². The molecule has 1 aromatic heterocycles. The van der Waals surface area contributed by atoms with Gasteiger partial charge in [0.2, 0.25) is 0 Å². The summed E-state index contributed by atoms with van der Waals surface area (Å²) in [6.07, 6.45) is 0. The second kappa shape index (κ2) is 7.22. The first-order chi connectivity index (χ1) is 13.8. The number of halogens is 2. The summed E-state index contributed by atoms with van der Waals surface area (Å²) in [4.78, 5) is 29.3. The molecule has 0 unspecified atom stereocenters. The molecule has 0 spiro atoms. The number of benzene rings is 2. The molecule has 0 atom stereocenters. The van der Waals surface area contributed by atoms with Crippen LogP contribution >= 0.6 is 11.6 Å². The quantitative estimate of drug-likeness (QED) is 0.537. The lowest BCUT2D eigenvalue weighted by molar-refractivity contribution is -0.112. The molecule has 4 rings (SSSR count). The van der Waals surface area contributed by atoms with Gasteiger partial charge < -0.3 is 15.6 Å². The van der Waals surface area contributed by atoms with E-state index in [1.54, 1.807) is 18.2 Å². The maximum absolute atomic E-state index is 13.5. The van der Waals surface area contributed by atoms with Gasteiger partial charge in [0, 0.05) is 22.6 Å². The Hall–Kier alpha value is -3.38. The molecule has 0 bridgehead atoms. The predicted octanol–water partition coefficient (Wildman–Crippen LogP) is 4.93. The molecule has 146 valence electrons. The third-order valence-corrected chi connectivity index (χ3v) is 5.02. The molecule has 0 saturated heterocycles. The molecule has 2 heterocycles. The van der Waals surface area contributed by atoms with Crippen LogP contribution in [0.3, 0.4) is 0 Å². The molecule has 5 nitrogen and oxygen atoms in total. The van der Waals surface area contributed by atoms with E-state index in [2.05, 4.69) is 15.6 Å². The highest BCUT2D eigenvalue weighted by atomic mass is 35.5. The van der Waals surface area contributed by atoms with Gasteiger partial charge in [0.05, 0.1) is 21.9 Å². The second-order valence-corrected chi connectivity index (χ2v) is 7.25. The van der Waals surface area contributed by atoms with E-state index in [0.717, 1.165) is 11.3 Å². The summed E-state index contributed by atoms with van der Waals surface area (Å²) in [6, 6.07) is 13.0. The Labute approximate surface area is 171 Å². The maximum Gasteiger partial charge on any atom is 0.258 e. The summed E-state index contributed by atoms with van der Waals surface area (Å²) in [5.41, 5.74) is 4.33. The normalized spacial score (nSPS) is 14.4. The number of hydrogen-bond acceptors (Lipinski definition) is 2. The molecule has 0 aliphatic carbocycles. The largest absolute Gasteiger partial charge is 0.358 e. The first-order valence-electron chi connectivity index (χ1n) is 8.93. The molecular weight excluding hydrogens is 393 g/mol. The number of para-hydroxylation sites is 1. The summed E-state index contributed by atoms with van der Waals surface area (Å²) >= 11 is 5.83. The molecule has 0 fully saturated rings. The maximum atomic E-state index is 13.5. The third kappa shape index (κ3) is 3.43. The number of carbonyl (C=O) groups excluding carboxylic acids is 2. The molecule has 1 aliphatic rings. The van der Waals surface area contributed by atoms with Crippen LogP contribution in [0.1, 0.15) is 22.5 Å². The first kappa shape index (κ1) is 19.0. The number of aryl methyl sites for hydroxylation is 2. The minimum absolute atomic E-state index is 0.104. The van der Waals surface area contributed by atoms with Gasteiger partial charge >= 0.3 is 0 Å². The van der Waals surface area contributed by atoms with Crippen molar-refractivity contribution in [1.82, 2.24) is 4.98 Å². The Morgan fingerprint density at radius 1 is 1.10 bits per heavy atom. The van der Waals surface area contributed by atoms with E-state index in [-0.39, 0.29) is 22.1 Å². The van der Waals surface area contributed by atoms with Crippen LogP contribution in [-0.2, 0) is 9.59 Å². The summed E-state index contributed by atoms with van der Waals surface area (Å²) < 4.78 is 13.5. The SMILES string of the molecule is Cc1cc(C)c(/C(C(=O)Nc2ccc(F)c(Cl)c2)=C2\C(=O)Nc3ccccc32)[nH]1. The van der Waals surface area contributed by atoms with Crippen LogP contribution in [0.5, 0.6) is 0 Å². The van der Waals surface area contributed by atoms with E-state index in [4.69, 9.17) is 11.6 Å². The van der Waals surface area contributed by atoms with Crippen LogP contribution in [0, 0.1) is 19.7 Å². The number of fused-ring (bicyclic) bond motifs is 1. The lowest BCUT2D eigenvalue weighted by atomic mass is 9.96. The monoisotopic (exact) mass is 409 g/mol. The average Bonchev–Trinajstić information content (AvgIpc) is 3.17. The molecule has 0 saturated carbocycles. The molecule has 1 aliphatic heterocycles. The van der Waals surface area contributed by atoms with Gasteiger partial charge in [-0.05, 0) is 49.7 Å². The number of rotatable bonds is 3. The van der Waals surface area contributed by atoms with Crippen molar-refractivity contribution in [2.45, 2.75) is 13.8 Å². The van der Waals surface area contributed by atoms with Crippen molar-refractivity contribution in [3.8, 4) is 0 Å². The van der Waals surface area contributed by atoms with Crippen molar-refractivity contribution in [2.24, 2.45) is 0 Å². The first-order valence-corrected chi connectivity index (χ1v) is 9.31. The van der Waals surface area contributed by atoms with Crippen LogP contribution in [-0.4, -0.2) is 16.8 Å². The summed E-state index contributed by atoms with van der Waals surface area (Å²) in [6.45, 7) is 3.74. The third-order valence-electron chi connectivity index (χ3n) is 4.73. The Kier molecular flexibility index (Phi) is 4.72. The van der Waals surface area contributed by atoms with E-state index in [9.17, 15) is 14.0 Å². The molecule has 3 aromatic rings. The Morgan fingerprint density at radius 2 is 1.86 bits per heavy atom. The van der Waals surface area contributed by atoms with E-state index < -0.39 is 11.7 Å². The fraction of sp³-hybridized carbons (Fsp3) is 0.0909. The minimum Gasteiger partial charge on any atom is -0.358 e. The van der Waals surface area contributed by atoms with Gasteiger partial charge in [-0.1, -0.05) is 29.8 Å². The van der Waals surface area contributed by atoms with Crippen molar-refractivity contribution in [3.05, 3.63) is 81.9 Å². The fourth-order valence-electron chi connectivity index (χ4n) is 3.47. The Bertz CT molecular complexity index is 1200. The highest BCUT2D eigenvalue weighted by Crippen LogP contribution is 2.38. The van der Waals surface area contributed by atoms with Gasteiger partial charge in [0.1, 0.15) is 5.82 Å². The smallest absolute Gasteiger partial charge is 0.258 e. The van der Waals surface area contributed by atoms with Gasteiger partial charge in [-0.25, -0.2) is 4.39 Å². The standard InChI is InChI=1S/C22H17ClFN3O2/c1-11-9-12(2)25-20(11)19(18-14-5-3-4-6-17(14)27-21(18)28)22(29)26-13-7-8-16(24)15(23)10-13/h3-10,25H,1-2H3,(H,26,29)(H,27,28)/b19-18+. The molecule has 3 N–H and O–H groups in total. The number of anilines is 2. The summed E-state index contributed by atoms with van der Waals surface area (Å²) in [5, 5.41) is 5.42. The van der Waals surface area contributed by atoms with E-state index in [0.29, 0.717) is 22.6 Å². The minimum atomic E-state index is -0.580. The van der Waals surface area contributed by atoms with Crippen molar-refractivity contribution >= 4 is 45.9 Å². The molecule has 2 aromatic carbocycles. The zero-order valence-corrected chi connectivity index (χ0v) is 16.4. The molecular formula is C22H17ClFN3O2. The summed E-state index contributed by atoms with van der Waals surface area (Å²) in [7, 11) is 0. The zero-order valence-electron chi connectivity index (χ0n) is 15.7. The predicted molar refractivity (Wildman–Crippen MR) is 112 cm³/mol. The number of carbonyl (C=O) groups is 2. The topological polar surface area (TPSA) is 74.0 Å². The fourth-order valence-corrected chi connectivity index (χ4v) is 3.65. The molecule has 7 heteroatoms. The molecule has 29 heavy (non-hydrogen) atoms. The number of amides is 2.